The molecule has 1 aromatic rings. The van der Waals surface area contributed by atoms with Crippen LogP contribution in [0.25, 0.3) is 6.20 Å². The van der Waals surface area contributed by atoms with Crippen molar-refractivity contribution in [3.8, 4) is 0 Å². The first kappa shape index (κ1) is 14.5. The topological polar surface area (TPSA) is 17.8 Å². The maximum absolute atomic E-state index is 4.05. The standard InChI is InChI=1S/C7H10N2.2C2H6/c1-3-5-9-6-4-8-7(9)2;2*1-2/h3-6H,1-2H3;2*1-2H3/b5-3-;;. The normalized spacial score (nSPS) is 8.46. The molecule has 0 aliphatic carbocycles. The third-order valence-corrected chi connectivity index (χ3v) is 1.17. The molecule has 1 aromatic heterocycles. The second kappa shape index (κ2) is 11.0. The van der Waals surface area contributed by atoms with Crippen molar-refractivity contribution in [1.82, 2.24) is 9.55 Å². The highest BCUT2D eigenvalue weighted by Gasteiger charge is 1.87. The summed E-state index contributed by atoms with van der Waals surface area (Å²) in [6.07, 6.45) is 7.67. The van der Waals surface area contributed by atoms with E-state index in [4.69, 9.17) is 0 Å². The molecule has 0 amide bonds. The average molecular weight is 182 g/mol. The molecule has 0 N–H and O–H groups in total. The summed E-state index contributed by atoms with van der Waals surface area (Å²) in [5, 5.41) is 0. The second-order valence-electron chi connectivity index (χ2n) is 1.86. The fraction of sp³-hybridized carbons (Fsp3) is 0.545. The van der Waals surface area contributed by atoms with Gasteiger partial charge in [-0.2, -0.15) is 0 Å². The van der Waals surface area contributed by atoms with Gasteiger partial charge in [0.15, 0.2) is 0 Å². The predicted molar refractivity (Wildman–Crippen MR) is 60.7 cm³/mol. The Morgan fingerprint density at radius 1 is 1.23 bits per heavy atom. The van der Waals surface area contributed by atoms with Crippen molar-refractivity contribution >= 4 is 6.20 Å². The summed E-state index contributed by atoms with van der Waals surface area (Å²) >= 11 is 0. The van der Waals surface area contributed by atoms with Gasteiger partial charge in [0.25, 0.3) is 0 Å². The molecule has 0 spiro atoms. The maximum Gasteiger partial charge on any atom is 0.109 e. The van der Waals surface area contributed by atoms with Crippen LogP contribution in [0.15, 0.2) is 18.5 Å². The van der Waals surface area contributed by atoms with Gasteiger partial charge in [-0.15, -0.1) is 0 Å². The first-order chi connectivity index (χ1) is 6.34. The summed E-state index contributed by atoms with van der Waals surface area (Å²) in [6, 6.07) is 0. The minimum absolute atomic E-state index is 1.02. The van der Waals surface area contributed by atoms with Gasteiger partial charge in [0.1, 0.15) is 5.82 Å². The van der Waals surface area contributed by atoms with E-state index in [1.165, 1.54) is 0 Å². The van der Waals surface area contributed by atoms with Gasteiger partial charge in [-0.1, -0.05) is 33.8 Å². The molecule has 0 radical (unpaired) electrons. The molecular weight excluding hydrogens is 160 g/mol. The fourth-order valence-electron chi connectivity index (χ4n) is 0.706. The number of aryl methyl sites for hydroxylation is 1. The van der Waals surface area contributed by atoms with Gasteiger partial charge in [-0.3, -0.25) is 0 Å². The zero-order valence-corrected chi connectivity index (χ0v) is 9.70. The molecule has 0 bridgehead atoms. The number of imidazole rings is 1. The van der Waals surface area contributed by atoms with E-state index in [0.717, 1.165) is 5.82 Å². The van der Waals surface area contributed by atoms with E-state index in [0.29, 0.717) is 0 Å². The Morgan fingerprint density at radius 2 is 1.77 bits per heavy atom. The Morgan fingerprint density at radius 3 is 2.08 bits per heavy atom. The van der Waals surface area contributed by atoms with E-state index < -0.39 is 0 Å². The molecule has 2 nitrogen and oxygen atoms in total. The van der Waals surface area contributed by atoms with Crippen LogP contribution < -0.4 is 0 Å². The highest BCUT2D eigenvalue weighted by Crippen LogP contribution is 1.94. The van der Waals surface area contributed by atoms with Crippen molar-refractivity contribution in [3.63, 3.8) is 0 Å². The van der Waals surface area contributed by atoms with Gasteiger partial charge in [0, 0.05) is 18.6 Å². The highest BCUT2D eigenvalue weighted by molar-refractivity contribution is 5.22. The first-order valence-corrected chi connectivity index (χ1v) is 4.97. The van der Waals surface area contributed by atoms with Gasteiger partial charge in [0.05, 0.1) is 0 Å². The molecule has 0 aliphatic rings. The quantitative estimate of drug-likeness (QED) is 0.647. The number of hydrogen-bond acceptors (Lipinski definition) is 1. The van der Waals surface area contributed by atoms with Gasteiger partial charge in [0.2, 0.25) is 0 Å². The third kappa shape index (κ3) is 6.14. The molecule has 0 atom stereocenters. The Hall–Kier alpha value is -1.05. The lowest BCUT2D eigenvalue weighted by atomic mass is 10.6. The molecule has 0 aromatic carbocycles. The largest absolute Gasteiger partial charge is 0.311 e. The Bertz CT molecular complexity index is 212. The monoisotopic (exact) mass is 182 g/mol. The minimum Gasteiger partial charge on any atom is -0.311 e. The first-order valence-electron chi connectivity index (χ1n) is 4.97. The number of aromatic nitrogens is 2. The zero-order chi connectivity index (χ0) is 10.7. The van der Waals surface area contributed by atoms with Crippen LogP contribution in [0.1, 0.15) is 40.4 Å². The van der Waals surface area contributed by atoms with Crippen LogP contribution in [0.5, 0.6) is 0 Å². The summed E-state index contributed by atoms with van der Waals surface area (Å²) in [6.45, 7) is 12.0. The van der Waals surface area contributed by atoms with Gasteiger partial charge >= 0.3 is 0 Å². The van der Waals surface area contributed by atoms with Crippen LogP contribution >= 0.6 is 0 Å². The molecule has 2 heteroatoms. The zero-order valence-electron chi connectivity index (χ0n) is 9.70. The third-order valence-electron chi connectivity index (χ3n) is 1.17. The Labute approximate surface area is 82.3 Å². The number of hydrogen-bond donors (Lipinski definition) is 0. The molecule has 0 fully saturated rings. The Kier molecular flexibility index (Phi) is 12.2. The second-order valence-corrected chi connectivity index (χ2v) is 1.86. The van der Waals surface area contributed by atoms with Crippen molar-refractivity contribution in [2.75, 3.05) is 0 Å². The van der Waals surface area contributed by atoms with E-state index >= 15 is 0 Å². The van der Waals surface area contributed by atoms with E-state index in [-0.39, 0.29) is 0 Å². The van der Waals surface area contributed by atoms with Gasteiger partial charge in [-0.25, -0.2) is 4.98 Å². The summed E-state index contributed by atoms with van der Waals surface area (Å²) in [5.41, 5.74) is 0. The SMILES string of the molecule is C/C=C\n1ccnc1C.CC.CC. The molecular formula is C11H22N2. The van der Waals surface area contributed by atoms with Crippen molar-refractivity contribution < 1.29 is 0 Å². The van der Waals surface area contributed by atoms with Crippen molar-refractivity contribution in [3.05, 3.63) is 24.3 Å². The van der Waals surface area contributed by atoms with E-state index in [1.54, 1.807) is 6.20 Å². The minimum atomic E-state index is 1.02. The lowest BCUT2D eigenvalue weighted by Gasteiger charge is -1.91. The van der Waals surface area contributed by atoms with Crippen LogP contribution in [0.2, 0.25) is 0 Å². The van der Waals surface area contributed by atoms with Crippen molar-refractivity contribution in [1.29, 1.82) is 0 Å². The summed E-state index contributed by atoms with van der Waals surface area (Å²) < 4.78 is 1.97. The molecule has 0 aliphatic heterocycles. The van der Waals surface area contributed by atoms with E-state index in [9.17, 15) is 0 Å². The molecule has 1 rings (SSSR count). The number of rotatable bonds is 1. The van der Waals surface area contributed by atoms with Crippen molar-refractivity contribution in [2.24, 2.45) is 0 Å². The smallest absolute Gasteiger partial charge is 0.109 e. The molecule has 13 heavy (non-hydrogen) atoms. The molecule has 0 unspecified atom stereocenters. The van der Waals surface area contributed by atoms with Gasteiger partial charge in [-0.05, 0) is 13.8 Å². The summed E-state index contributed by atoms with van der Waals surface area (Å²) in [4.78, 5) is 4.05. The molecule has 76 valence electrons. The van der Waals surface area contributed by atoms with E-state index in [1.807, 2.05) is 64.6 Å². The highest BCUT2D eigenvalue weighted by atomic mass is 15.0. The molecule has 0 saturated heterocycles. The predicted octanol–water partition coefficient (Wildman–Crippen LogP) is 3.73. The summed E-state index contributed by atoms with van der Waals surface area (Å²) in [7, 11) is 0. The summed E-state index contributed by atoms with van der Waals surface area (Å²) in [5.74, 6) is 1.02. The Balaban J connectivity index is 0. The van der Waals surface area contributed by atoms with Crippen LogP contribution in [0.4, 0.5) is 0 Å². The van der Waals surface area contributed by atoms with Crippen LogP contribution in [-0.2, 0) is 0 Å². The number of allylic oxidation sites excluding steroid dienone is 1. The number of nitrogens with zero attached hydrogens (tertiary/aromatic N) is 2. The van der Waals surface area contributed by atoms with Crippen LogP contribution in [0, 0.1) is 6.92 Å². The lowest BCUT2D eigenvalue weighted by molar-refractivity contribution is 1.03. The lowest BCUT2D eigenvalue weighted by Crippen LogP contribution is -1.85. The molecule has 1 heterocycles. The van der Waals surface area contributed by atoms with E-state index in [2.05, 4.69) is 4.98 Å². The van der Waals surface area contributed by atoms with Gasteiger partial charge < -0.3 is 4.57 Å². The average Bonchev–Trinajstić information content (AvgIpc) is 2.60. The molecule has 0 saturated carbocycles. The maximum atomic E-state index is 4.05. The van der Waals surface area contributed by atoms with Crippen LogP contribution in [0.3, 0.4) is 0 Å². The van der Waals surface area contributed by atoms with Crippen molar-refractivity contribution in [2.45, 2.75) is 41.5 Å². The van der Waals surface area contributed by atoms with Crippen LogP contribution in [-0.4, -0.2) is 9.55 Å². The fourth-order valence-corrected chi connectivity index (χ4v) is 0.706.